The molecule has 0 bridgehead atoms. The van der Waals surface area contributed by atoms with E-state index in [0.717, 1.165) is 17.9 Å². The fourth-order valence-electron chi connectivity index (χ4n) is 2.50. The molecule has 1 unspecified atom stereocenters. The summed E-state index contributed by atoms with van der Waals surface area (Å²) in [6.07, 6.45) is 0.827. The van der Waals surface area contributed by atoms with Crippen LogP contribution in [0.15, 0.2) is 30.3 Å². The van der Waals surface area contributed by atoms with Crippen molar-refractivity contribution in [1.82, 2.24) is 15.1 Å². The van der Waals surface area contributed by atoms with Gasteiger partial charge in [-0.15, -0.1) is 11.8 Å². The Morgan fingerprint density at radius 2 is 2.00 bits per heavy atom. The van der Waals surface area contributed by atoms with Gasteiger partial charge in [0.05, 0.1) is 10.9 Å². The molecule has 1 amide bonds. The van der Waals surface area contributed by atoms with E-state index in [2.05, 4.69) is 29.5 Å². The molecule has 1 aromatic carbocycles. The van der Waals surface area contributed by atoms with Crippen LogP contribution in [0.1, 0.15) is 29.4 Å². The Bertz CT molecular complexity index is 652. The van der Waals surface area contributed by atoms with E-state index in [4.69, 9.17) is 0 Å². The molecular formula is C18H25N3OS. The maximum absolute atomic E-state index is 12.2. The largest absolute Gasteiger partial charge is 0.355 e. The monoisotopic (exact) mass is 331 g/mol. The number of rotatable bonds is 7. The highest BCUT2D eigenvalue weighted by Gasteiger charge is 2.14. The first kappa shape index (κ1) is 17.6. The molecule has 1 aromatic heterocycles. The zero-order chi connectivity index (χ0) is 16.8. The second-order valence-electron chi connectivity index (χ2n) is 5.75. The molecule has 0 fully saturated rings. The molecular weight excluding hydrogens is 306 g/mol. The number of carbonyl (C=O) groups is 1. The molecule has 1 atom stereocenters. The van der Waals surface area contributed by atoms with Gasteiger partial charge in [0.1, 0.15) is 0 Å². The van der Waals surface area contributed by atoms with Crippen LogP contribution in [0.2, 0.25) is 0 Å². The minimum Gasteiger partial charge on any atom is -0.355 e. The Balaban J connectivity index is 1.76. The number of thioether (sulfide) groups is 1. The van der Waals surface area contributed by atoms with Crippen molar-refractivity contribution < 1.29 is 4.79 Å². The van der Waals surface area contributed by atoms with E-state index in [9.17, 15) is 4.79 Å². The molecule has 0 aliphatic heterocycles. The molecule has 2 rings (SSSR count). The van der Waals surface area contributed by atoms with Crippen LogP contribution in [0.4, 0.5) is 0 Å². The third kappa shape index (κ3) is 4.86. The molecule has 0 aliphatic rings. The number of aromatic nitrogens is 2. The third-order valence-electron chi connectivity index (χ3n) is 4.05. The average molecular weight is 331 g/mol. The number of aryl methyl sites for hydroxylation is 2. The molecule has 4 nitrogen and oxygen atoms in total. The lowest BCUT2D eigenvalue weighted by Crippen LogP contribution is -2.32. The van der Waals surface area contributed by atoms with Crippen LogP contribution in [0, 0.1) is 13.8 Å². The van der Waals surface area contributed by atoms with E-state index in [1.54, 1.807) is 11.8 Å². The lowest BCUT2D eigenvalue weighted by atomic mass is 10.1. The van der Waals surface area contributed by atoms with Crippen LogP contribution in [-0.4, -0.2) is 27.5 Å². The number of carbonyl (C=O) groups excluding carboxylic acids is 1. The van der Waals surface area contributed by atoms with Gasteiger partial charge in [-0.2, -0.15) is 5.10 Å². The molecule has 0 saturated carbocycles. The molecule has 0 aliphatic carbocycles. The molecule has 1 N–H and O–H groups in total. The minimum atomic E-state index is -0.0497. The van der Waals surface area contributed by atoms with Gasteiger partial charge in [0.25, 0.3) is 0 Å². The number of hydrogen-bond acceptors (Lipinski definition) is 3. The van der Waals surface area contributed by atoms with Gasteiger partial charge < -0.3 is 5.32 Å². The zero-order valence-corrected chi connectivity index (χ0v) is 15.1. The third-order valence-corrected chi connectivity index (χ3v) is 5.26. The molecule has 23 heavy (non-hydrogen) atoms. The first-order chi connectivity index (χ1) is 11.0. The predicted octanol–water partition coefficient (Wildman–Crippen LogP) is 3.02. The number of nitrogens with zero attached hydrogens (tertiary/aromatic N) is 2. The van der Waals surface area contributed by atoms with Crippen LogP contribution < -0.4 is 5.32 Å². The summed E-state index contributed by atoms with van der Waals surface area (Å²) < 4.78 is 1.89. The first-order valence-corrected chi connectivity index (χ1v) is 8.96. The number of nitrogens with one attached hydrogen (secondary N) is 1. The Labute approximate surface area is 142 Å². The lowest BCUT2D eigenvalue weighted by molar-refractivity contribution is -0.120. The second-order valence-corrected chi connectivity index (χ2v) is 7.08. The van der Waals surface area contributed by atoms with Gasteiger partial charge >= 0.3 is 0 Å². The van der Waals surface area contributed by atoms with E-state index < -0.39 is 0 Å². The van der Waals surface area contributed by atoms with Gasteiger partial charge in [-0.3, -0.25) is 9.48 Å². The summed E-state index contributed by atoms with van der Waals surface area (Å²) in [7, 11) is 1.95. The number of hydrogen-bond donors (Lipinski definition) is 1. The zero-order valence-electron chi connectivity index (χ0n) is 14.3. The molecule has 1 heterocycles. The van der Waals surface area contributed by atoms with E-state index in [-0.39, 0.29) is 11.2 Å². The van der Waals surface area contributed by atoms with Crippen molar-refractivity contribution in [3.8, 4) is 0 Å². The topological polar surface area (TPSA) is 46.9 Å². The summed E-state index contributed by atoms with van der Waals surface area (Å²) in [6, 6.07) is 10.2. The molecule has 0 radical (unpaired) electrons. The highest BCUT2D eigenvalue weighted by molar-refractivity contribution is 7.99. The van der Waals surface area contributed by atoms with Crippen molar-refractivity contribution in [3.05, 3.63) is 52.8 Å². The van der Waals surface area contributed by atoms with Gasteiger partial charge in [0.15, 0.2) is 0 Å². The SMILES string of the molecule is Cc1nn(C)c(C)c1CCNC(=O)C(C)SCc1ccccc1. The van der Waals surface area contributed by atoms with Crippen LogP contribution in [0.3, 0.4) is 0 Å². The normalized spacial score (nSPS) is 12.2. The maximum atomic E-state index is 12.2. The Morgan fingerprint density at radius 3 is 2.61 bits per heavy atom. The van der Waals surface area contributed by atoms with Crippen molar-refractivity contribution in [2.24, 2.45) is 7.05 Å². The average Bonchev–Trinajstić information content (AvgIpc) is 2.79. The molecule has 0 saturated heterocycles. The molecule has 124 valence electrons. The maximum Gasteiger partial charge on any atom is 0.232 e. The van der Waals surface area contributed by atoms with Crippen molar-refractivity contribution in [2.45, 2.75) is 38.2 Å². The molecule has 5 heteroatoms. The Hall–Kier alpha value is -1.75. The fraction of sp³-hybridized carbons (Fsp3) is 0.444. The number of benzene rings is 1. The summed E-state index contributed by atoms with van der Waals surface area (Å²) in [4.78, 5) is 12.2. The van der Waals surface area contributed by atoms with Gasteiger partial charge in [-0.1, -0.05) is 30.3 Å². The minimum absolute atomic E-state index is 0.0497. The first-order valence-electron chi connectivity index (χ1n) is 7.91. The summed E-state index contributed by atoms with van der Waals surface area (Å²) in [5, 5.41) is 7.39. The van der Waals surface area contributed by atoms with Gasteiger partial charge in [0.2, 0.25) is 5.91 Å². The standard InChI is InChI=1S/C18H25N3OS/c1-13-17(14(2)21(4)20-13)10-11-19-18(22)15(3)23-12-16-8-6-5-7-9-16/h5-9,15H,10-12H2,1-4H3,(H,19,22). The van der Waals surface area contributed by atoms with Crippen molar-refractivity contribution in [3.63, 3.8) is 0 Å². The second kappa shape index (κ2) is 8.20. The van der Waals surface area contributed by atoms with Crippen LogP contribution in [0.5, 0.6) is 0 Å². The van der Waals surface area contributed by atoms with E-state index in [1.807, 2.05) is 43.8 Å². The van der Waals surface area contributed by atoms with E-state index >= 15 is 0 Å². The van der Waals surface area contributed by atoms with Crippen LogP contribution >= 0.6 is 11.8 Å². The molecule has 0 spiro atoms. The Kier molecular flexibility index (Phi) is 6.28. The predicted molar refractivity (Wildman–Crippen MR) is 96.6 cm³/mol. The number of amides is 1. The summed E-state index contributed by atoms with van der Waals surface area (Å²) in [5.41, 5.74) is 4.70. The highest BCUT2D eigenvalue weighted by atomic mass is 32.2. The van der Waals surface area contributed by atoms with E-state index in [0.29, 0.717) is 6.54 Å². The van der Waals surface area contributed by atoms with Gasteiger partial charge in [0, 0.05) is 25.0 Å². The van der Waals surface area contributed by atoms with Crippen LogP contribution in [0.25, 0.3) is 0 Å². The quantitative estimate of drug-likeness (QED) is 0.848. The molecule has 2 aromatic rings. The summed E-state index contributed by atoms with van der Waals surface area (Å²) in [5.74, 6) is 0.959. The van der Waals surface area contributed by atoms with Crippen molar-refractivity contribution in [2.75, 3.05) is 6.54 Å². The van der Waals surface area contributed by atoms with Gasteiger partial charge in [-0.05, 0) is 38.3 Å². The lowest BCUT2D eigenvalue weighted by Gasteiger charge is -2.12. The fourth-order valence-corrected chi connectivity index (χ4v) is 3.37. The Morgan fingerprint density at radius 1 is 1.30 bits per heavy atom. The summed E-state index contributed by atoms with van der Waals surface area (Å²) >= 11 is 1.67. The van der Waals surface area contributed by atoms with Crippen molar-refractivity contribution >= 4 is 17.7 Å². The highest BCUT2D eigenvalue weighted by Crippen LogP contribution is 2.17. The van der Waals surface area contributed by atoms with Crippen LogP contribution in [-0.2, 0) is 24.0 Å². The summed E-state index contributed by atoms with van der Waals surface area (Å²) in [6.45, 7) is 6.70. The van der Waals surface area contributed by atoms with Crippen molar-refractivity contribution in [1.29, 1.82) is 0 Å². The van der Waals surface area contributed by atoms with E-state index in [1.165, 1.54) is 16.8 Å². The van der Waals surface area contributed by atoms with Gasteiger partial charge in [-0.25, -0.2) is 0 Å². The smallest absolute Gasteiger partial charge is 0.232 e.